The smallest absolute Gasteiger partial charge is 0.0649 e. The molecule has 2 rings (SSSR count). The SMILES string of the molecule is [CH2]CC(O)C(c1ccccc1)c1ccccc1. The van der Waals surface area contributed by atoms with Crippen LogP contribution in [-0.4, -0.2) is 11.2 Å². The maximum Gasteiger partial charge on any atom is 0.0649 e. The van der Waals surface area contributed by atoms with E-state index in [1.807, 2.05) is 36.4 Å². The van der Waals surface area contributed by atoms with Crippen LogP contribution in [0.25, 0.3) is 0 Å². The molecule has 0 bridgehead atoms. The normalized spacial score (nSPS) is 12.6. The summed E-state index contributed by atoms with van der Waals surface area (Å²) in [5, 5.41) is 10.2. The van der Waals surface area contributed by atoms with Gasteiger partial charge in [-0.1, -0.05) is 67.6 Å². The summed E-state index contributed by atoms with van der Waals surface area (Å²) in [6.45, 7) is 3.81. The summed E-state index contributed by atoms with van der Waals surface area (Å²) < 4.78 is 0. The summed E-state index contributed by atoms with van der Waals surface area (Å²) in [7, 11) is 0. The van der Waals surface area contributed by atoms with Crippen LogP contribution in [0.1, 0.15) is 23.5 Å². The van der Waals surface area contributed by atoms with Crippen LogP contribution in [0.2, 0.25) is 0 Å². The lowest BCUT2D eigenvalue weighted by atomic mass is 9.86. The molecule has 0 fully saturated rings. The number of benzene rings is 2. The van der Waals surface area contributed by atoms with Crippen LogP contribution in [0, 0.1) is 6.92 Å². The van der Waals surface area contributed by atoms with Gasteiger partial charge in [-0.15, -0.1) is 0 Å². The van der Waals surface area contributed by atoms with Gasteiger partial charge < -0.3 is 5.11 Å². The molecule has 17 heavy (non-hydrogen) atoms. The molecule has 1 N–H and O–H groups in total. The van der Waals surface area contributed by atoms with E-state index in [0.29, 0.717) is 6.42 Å². The zero-order valence-corrected chi connectivity index (χ0v) is 9.79. The van der Waals surface area contributed by atoms with Gasteiger partial charge in [0.05, 0.1) is 6.10 Å². The van der Waals surface area contributed by atoms with Crippen LogP contribution in [0.3, 0.4) is 0 Å². The van der Waals surface area contributed by atoms with Crippen LogP contribution in [-0.2, 0) is 0 Å². The van der Waals surface area contributed by atoms with Gasteiger partial charge in [-0.05, 0) is 17.5 Å². The maximum atomic E-state index is 10.2. The lowest BCUT2D eigenvalue weighted by molar-refractivity contribution is 0.159. The number of rotatable bonds is 4. The van der Waals surface area contributed by atoms with E-state index in [-0.39, 0.29) is 5.92 Å². The maximum absolute atomic E-state index is 10.2. The third-order valence-corrected chi connectivity index (χ3v) is 3.00. The molecule has 1 nitrogen and oxygen atoms in total. The molecule has 0 aromatic heterocycles. The highest BCUT2D eigenvalue weighted by Gasteiger charge is 2.21. The van der Waals surface area contributed by atoms with E-state index in [1.165, 1.54) is 0 Å². The zero-order chi connectivity index (χ0) is 12.1. The fourth-order valence-corrected chi connectivity index (χ4v) is 2.12. The molecule has 0 heterocycles. The van der Waals surface area contributed by atoms with Gasteiger partial charge >= 0.3 is 0 Å². The molecule has 1 unspecified atom stereocenters. The lowest BCUT2D eigenvalue weighted by Crippen LogP contribution is -2.18. The Bertz CT molecular complexity index is 396. The minimum Gasteiger partial charge on any atom is -0.392 e. The predicted molar refractivity (Wildman–Crippen MR) is 70.7 cm³/mol. The number of aliphatic hydroxyl groups is 1. The fraction of sp³-hybridized carbons (Fsp3) is 0.188. The van der Waals surface area contributed by atoms with Crippen molar-refractivity contribution in [2.45, 2.75) is 18.4 Å². The van der Waals surface area contributed by atoms with Gasteiger partial charge in [0.2, 0.25) is 0 Å². The van der Waals surface area contributed by atoms with E-state index in [2.05, 4.69) is 31.2 Å². The Hall–Kier alpha value is -1.60. The topological polar surface area (TPSA) is 20.2 Å². The Kier molecular flexibility index (Phi) is 3.94. The second kappa shape index (κ2) is 5.65. The van der Waals surface area contributed by atoms with Crippen molar-refractivity contribution in [3.8, 4) is 0 Å². The zero-order valence-electron chi connectivity index (χ0n) is 9.79. The van der Waals surface area contributed by atoms with Gasteiger partial charge in [0.15, 0.2) is 0 Å². The quantitative estimate of drug-likeness (QED) is 0.845. The Morgan fingerprint density at radius 1 is 0.824 bits per heavy atom. The average molecular weight is 225 g/mol. The third kappa shape index (κ3) is 2.75. The van der Waals surface area contributed by atoms with E-state index >= 15 is 0 Å². The molecule has 0 saturated heterocycles. The van der Waals surface area contributed by atoms with E-state index in [4.69, 9.17) is 0 Å². The summed E-state index contributed by atoms with van der Waals surface area (Å²) >= 11 is 0. The second-order valence-electron chi connectivity index (χ2n) is 4.16. The minimum absolute atomic E-state index is 0.00917. The first-order valence-electron chi connectivity index (χ1n) is 5.90. The highest BCUT2D eigenvalue weighted by Crippen LogP contribution is 2.29. The minimum atomic E-state index is -0.445. The van der Waals surface area contributed by atoms with E-state index in [1.54, 1.807) is 0 Å². The first-order chi connectivity index (χ1) is 8.33. The summed E-state index contributed by atoms with van der Waals surface area (Å²) in [4.78, 5) is 0. The van der Waals surface area contributed by atoms with Crippen LogP contribution in [0.4, 0.5) is 0 Å². The molecule has 0 aliphatic heterocycles. The van der Waals surface area contributed by atoms with Crippen molar-refractivity contribution in [3.63, 3.8) is 0 Å². The number of hydrogen-bond donors (Lipinski definition) is 1. The molecule has 0 aliphatic rings. The van der Waals surface area contributed by atoms with Gasteiger partial charge in [-0.2, -0.15) is 0 Å². The highest BCUT2D eigenvalue weighted by atomic mass is 16.3. The Morgan fingerprint density at radius 2 is 1.24 bits per heavy atom. The largest absolute Gasteiger partial charge is 0.392 e. The monoisotopic (exact) mass is 225 g/mol. The molecule has 0 spiro atoms. The molecule has 2 aromatic carbocycles. The predicted octanol–water partition coefficient (Wildman–Crippen LogP) is 3.40. The van der Waals surface area contributed by atoms with E-state index in [0.717, 1.165) is 11.1 Å². The first-order valence-corrected chi connectivity index (χ1v) is 5.90. The van der Waals surface area contributed by atoms with Crippen molar-refractivity contribution in [3.05, 3.63) is 78.7 Å². The summed E-state index contributed by atoms with van der Waals surface area (Å²) in [6.07, 6.45) is 0.0638. The van der Waals surface area contributed by atoms with Gasteiger partial charge in [-0.25, -0.2) is 0 Å². The van der Waals surface area contributed by atoms with E-state index < -0.39 is 6.10 Å². The number of hydrogen-bond acceptors (Lipinski definition) is 1. The molecule has 0 amide bonds. The Labute approximate surface area is 103 Å². The standard InChI is InChI=1S/C16H17O/c1-2-15(17)16(13-9-5-3-6-10-13)14-11-7-4-8-12-14/h3-12,15-17H,1-2H2. The molecule has 1 heteroatoms. The molecular formula is C16H17O. The highest BCUT2D eigenvalue weighted by molar-refractivity contribution is 5.33. The fourth-order valence-electron chi connectivity index (χ4n) is 2.12. The van der Waals surface area contributed by atoms with Crippen molar-refractivity contribution in [2.24, 2.45) is 0 Å². The Balaban J connectivity index is 2.39. The van der Waals surface area contributed by atoms with E-state index in [9.17, 15) is 5.11 Å². The van der Waals surface area contributed by atoms with Gasteiger partial charge in [0.25, 0.3) is 0 Å². The van der Waals surface area contributed by atoms with Crippen molar-refractivity contribution < 1.29 is 5.11 Å². The van der Waals surface area contributed by atoms with Gasteiger partial charge in [0, 0.05) is 5.92 Å². The molecule has 0 saturated carbocycles. The molecular weight excluding hydrogens is 208 g/mol. The van der Waals surface area contributed by atoms with Crippen LogP contribution in [0.5, 0.6) is 0 Å². The van der Waals surface area contributed by atoms with Crippen molar-refractivity contribution in [2.75, 3.05) is 0 Å². The third-order valence-electron chi connectivity index (χ3n) is 3.00. The molecule has 87 valence electrons. The lowest BCUT2D eigenvalue weighted by Gasteiger charge is -2.22. The Morgan fingerprint density at radius 3 is 1.59 bits per heavy atom. The number of aliphatic hydroxyl groups excluding tert-OH is 1. The average Bonchev–Trinajstić information content (AvgIpc) is 2.41. The van der Waals surface area contributed by atoms with Gasteiger partial charge in [-0.3, -0.25) is 0 Å². The summed E-state index contributed by atoms with van der Waals surface area (Å²) in [6, 6.07) is 20.2. The second-order valence-corrected chi connectivity index (χ2v) is 4.16. The van der Waals surface area contributed by atoms with Crippen LogP contribution >= 0.6 is 0 Å². The summed E-state index contributed by atoms with van der Waals surface area (Å²) in [5.74, 6) is 0.00917. The molecule has 1 radical (unpaired) electrons. The first kappa shape index (κ1) is 11.9. The van der Waals surface area contributed by atoms with Crippen molar-refractivity contribution in [1.82, 2.24) is 0 Å². The van der Waals surface area contributed by atoms with Gasteiger partial charge in [0.1, 0.15) is 0 Å². The van der Waals surface area contributed by atoms with Crippen molar-refractivity contribution in [1.29, 1.82) is 0 Å². The molecule has 0 aliphatic carbocycles. The molecule has 2 aromatic rings. The molecule has 1 atom stereocenters. The van der Waals surface area contributed by atoms with Crippen molar-refractivity contribution >= 4 is 0 Å². The summed E-state index contributed by atoms with van der Waals surface area (Å²) in [5.41, 5.74) is 2.27. The van der Waals surface area contributed by atoms with Crippen LogP contribution < -0.4 is 0 Å². The van der Waals surface area contributed by atoms with Crippen LogP contribution in [0.15, 0.2) is 60.7 Å².